The van der Waals surface area contributed by atoms with Crippen LogP contribution >= 0.6 is 0 Å². The topological polar surface area (TPSA) is 120 Å². The van der Waals surface area contributed by atoms with Gasteiger partial charge in [0.05, 0.1) is 30.3 Å². The van der Waals surface area contributed by atoms with E-state index in [1.54, 1.807) is 42.2 Å². The fourth-order valence-electron chi connectivity index (χ4n) is 4.23. The third-order valence-corrected chi connectivity index (χ3v) is 7.39. The van der Waals surface area contributed by atoms with Gasteiger partial charge in [-0.2, -0.15) is 0 Å². The highest BCUT2D eigenvalue weighted by atomic mass is 32.2. The van der Waals surface area contributed by atoms with Crippen molar-refractivity contribution in [3.05, 3.63) is 47.5 Å². The second-order valence-corrected chi connectivity index (χ2v) is 10.3. The molecule has 11 heteroatoms. The summed E-state index contributed by atoms with van der Waals surface area (Å²) in [6, 6.07) is 9.95. The van der Waals surface area contributed by atoms with Crippen molar-refractivity contribution >= 4 is 38.9 Å². The Morgan fingerprint density at radius 3 is 2.37 bits per heavy atom. The van der Waals surface area contributed by atoms with Crippen LogP contribution in [0.15, 0.2) is 41.3 Å². The highest BCUT2D eigenvalue weighted by molar-refractivity contribution is 7.93. The van der Waals surface area contributed by atoms with Crippen molar-refractivity contribution in [2.75, 3.05) is 67.4 Å². The molecule has 0 aromatic heterocycles. The highest BCUT2D eigenvalue weighted by Gasteiger charge is 2.25. The molecule has 2 aromatic rings. The smallest absolute Gasteiger partial charge is 0.264 e. The molecule has 188 valence electrons. The molecule has 0 atom stereocenters. The number of sulfonamides is 1. The number of nitrogens with zero attached hydrogens (tertiary/aromatic N) is 2. The van der Waals surface area contributed by atoms with Crippen LogP contribution in [0.1, 0.15) is 22.8 Å². The van der Waals surface area contributed by atoms with Crippen molar-refractivity contribution in [3.8, 4) is 0 Å². The summed E-state index contributed by atoms with van der Waals surface area (Å²) in [6.07, 6.45) is 0. The number of carbonyl (C=O) groups is 2. The summed E-state index contributed by atoms with van der Waals surface area (Å²) in [6.45, 7) is 7.98. The zero-order valence-corrected chi connectivity index (χ0v) is 20.8. The first-order valence-electron chi connectivity index (χ1n) is 11.6. The van der Waals surface area contributed by atoms with Crippen molar-refractivity contribution < 1.29 is 22.7 Å². The number of morpholine rings is 1. The van der Waals surface area contributed by atoms with Gasteiger partial charge in [-0.15, -0.1) is 0 Å². The number of anilines is 3. The van der Waals surface area contributed by atoms with Crippen LogP contribution in [0.4, 0.5) is 17.1 Å². The molecule has 0 unspecified atom stereocenters. The van der Waals surface area contributed by atoms with E-state index in [2.05, 4.69) is 20.3 Å². The quantitative estimate of drug-likeness (QED) is 0.550. The summed E-state index contributed by atoms with van der Waals surface area (Å²) in [5.41, 5.74) is 2.34. The van der Waals surface area contributed by atoms with Crippen LogP contribution in [0.5, 0.6) is 0 Å². The standard InChI is InChI=1S/C24H31N5O5S/c1-17-3-5-20(26-18(2)30)23(15-17)35(32,33)27-21-16-19(24(31)29-11-13-34-14-12-29)4-6-22(21)28-9-7-25-8-10-28/h3-6,15-16,25,27H,7-14H2,1-2H3,(H,26,30). The van der Waals surface area contributed by atoms with Gasteiger partial charge in [0.15, 0.2) is 0 Å². The molecule has 0 radical (unpaired) electrons. The number of carbonyl (C=O) groups excluding carboxylic acids is 2. The summed E-state index contributed by atoms with van der Waals surface area (Å²) in [4.78, 5) is 28.5. The number of amides is 2. The van der Waals surface area contributed by atoms with Crippen LogP contribution in [-0.4, -0.2) is 77.6 Å². The number of aryl methyl sites for hydroxylation is 1. The van der Waals surface area contributed by atoms with Crippen LogP contribution in [0, 0.1) is 6.92 Å². The summed E-state index contributed by atoms with van der Waals surface area (Å²) in [5, 5.41) is 5.88. The lowest BCUT2D eigenvalue weighted by Crippen LogP contribution is -2.44. The Balaban J connectivity index is 1.73. The van der Waals surface area contributed by atoms with Crippen molar-refractivity contribution in [1.82, 2.24) is 10.2 Å². The predicted molar refractivity (Wildman–Crippen MR) is 135 cm³/mol. The molecule has 2 heterocycles. The average molecular weight is 502 g/mol. The van der Waals surface area contributed by atoms with Gasteiger partial charge in [0, 0.05) is 51.8 Å². The number of nitrogens with one attached hydrogen (secondary N) is 3. The Morgan fingerprint density at radius 2 is 1.69 bits per heavy atom. The third kappa shape index (κ3) is 5.92. The number of benzene rings is 2. The minimum atomic E-state index is -4.09. The fraction of sp³-hybridized carbons (Fsp3) is 0.417. The van der Waals surface area contributed by atoms with E-state index in [1.165, 1.54) is 13.0 Å². The van der Waals surface area contributed by atoms with Crippen LogP contribution in [0.2, 0.25) is 0 Å². The number of rotatable bonds is 6. The molecule has 35 heavy (non-hydrogen) atoms. The maximum atomic E-state index is 13.6. The van der Waals surface area contributed by atoms with E-state index in [0.717, 1.165) is 18.7 Å². The Hall–Kier alpha value is -3.15. The van der Waals surface area contributed by atoms with E-state index in [4.69, 9.17) is 4.74 Å². The summed E-state index contributed by atoms with van der Waals surface area (Å²) in [5.74, 6) is -0.542. The molecular formula is C24H31N5O5S. The van der Waals surface area contributed by atoms with Gasteiger partial charge in [-0.05, 0) is 42.8 Å². The predicted octanol–water partition coefficient (Wildman–Crippen LogP) is 1.64. The van der Waals surface area contributed by atoms with E-state index in [9.17, 15) is 18.0 Å². The molecule has 2 aliphatic rings. The molecule has 2 saturated heterocycles. The van der Waals surface area contributed by atoms with Gasteiger partial charge in [-0.1, -0.05) is 6.07 Å². The molecule has 2 fully saturated rings. The molecule has 0 bridgehead atoms. The maximum Gasteiger partial charge on any atom is 0.264 e. The van der Waals surface area contributed by atoms with Gasteiger partial charge >= 0.3 is 0 Å². The first-order valence-corrected chi connectivity index (χ1v) is 13.1. The summed E-state index contributed by atoms with van der Waals surface area (Å²) >= 11 is 0. The lowest BCUT2D eigenvalue weighted by Gasteiger charge is -2.32. The third-order valence-electron chi connectivity index (χ3n) is 5.98. The summed E-state index contributed by atoms with van der Waals surface area (Å²) < 4.78 is 35.2. The minimum absolute atomic E-state index is 0.0381. The van der Waals surface area contributed by atoms with Crippen molar-refractivity contribution in [2.45, 2.75) is 18.7 Å². The first kappa shape index (κ1) is 25.0. The molecule has 0 spiro atoms. The van der Waals surface area contributed by atoms with Crippen LogP contribution in [-0.2, 0) is 19.6 Å². The largest absolute Gasteiger partial charge is 0.378 e. The van der Waals surface area contributed by atoms with Gasteiger partial charge < -0.3 is 25.2 Å². The van der Waals surface area contributed by atoms with Gasteiger partial charge in [0.2, 0.25) is 5.91 Å². The number of piperazine rings is 1. The highest BCUT2D eigenvalue weighted by Crippen LogP contribution is 2.32. The monoisotopic (exact) mass is 501 g/mol. The minimum Gasteiger partial charge on any atom is -0.378 e. The molecule has 2 amide bonds. The fourth-order valence-corrected chi connectivity index (χ4v) is 5.54. The Labute approximate surface area is 205 Å². The molecule has 2 aliphatic heterocycles. The van der Waals surface area contributed by atoms with Gasteiger partial charge in [-0.3, -0.25) is 14.3 Å². The average Bonchev–Trinajstić information content (AvgIpc) is 2.85. The summed E-state index contributed by atoms with van der Waals surface area (Å²) in [7, 11) is -4.09. The Bertz CT molecular complexity index is 1200. The number of hydrogen-bond acceptors (Lipinski definition) is 7. The lowest BCUT2D eigenvalue weighted by atomic mass is 10.1. The van der Waals surface area contributed by atoms with Crippen LogP contribution in [0.3, 0.4) is 0 Å². The molecular weight excluding hydrogens is 470 g/mol. The van der Waals surface area contributed by atoms with Gasteiger partial charge in [0.1, 0.15) is 4.90 Å². The van der Waals surface area contributed by atoms with Crippen molar-refractivity contribution in [2.24, 2.45) is 0 Å². The van der Waals surface area contributed by atoms with E-state index < -0.39 is 10.0 Å². The van der Waals surface area contributed by atoms with Crippen molar-refractivity contribution in [3.63, 3.8) is 0 Å². The van der Waals surface area contributed by atoms with E-state index in [0.29, 0.717) is 56.3 Å². The molecule has 10 nitrogen and oxygen atoms in total. The molecule has 0 aliphatic carbocycles. The van der Waals surface area contributed by atoms with Crippen LogP contribution < -0.4 is 20.3 Å². The van der Waals surface area contributed by atoms with E-state index >= 15 is 0 Å². The second-order valence-electron chi connectivity index (χ2n) is 8.66. The molecule has 2 aromatic carbocycles. The first-order chi connectivity index (χ1) is 16.7. The SMILES string of the molecule is CC(=O)Nc1ccc(C)cc1S(=O)(=O)Nc1cc(C(=O)N2CCOCC2)ccc1N1CCNCC1. The zero-order valence-electron chi connectivity index (χ0n) is 20.0. The lowest BCUT2D eigenvalue weighted by molar-refractivity contribution is -0.114. The molecule has 3 N–H and O–H groups in total. The maximum absolute atomic E-state index is 13.6. The van der Waals surface area contributed by atoms with E-state index in [1.807, 2.05) is 0 Å². The molecule has 0 saturated carbocycles. The van der Waals surface area contributed by atoms with Crippen LogP contribution in [0.25, 0.3) is 0 Å². The Kier molecular flexibility index (Phi) is 7.58. The molecule has 4 rings (SSSR count). The zero-order chi connectivity index (χ0) is 25.0. The van der Waals surface area contributed by atoms with Crippen molar-refractivity contribution in [1.29, 1.82) is 0 Å². The second kappa shape index (κ2) is 10.6. The van der Waals surface area contributed by atoms with Gasteiger partial charge in [0.25, 0.3) is 15.9 Å². The van der Waals surface area contributed by atoms with Gasteiger partial charge in [-0.25, -0.2) is 8.42 Å². The Morgan fingerprint density at radius 1 is 0.971 bits per heavy atom. The normalized spacial score (nSPS) is 16.6. The number of ether oxygens (including phenoxy) is 1. The van der Waals surface area contributed by atoms with E-state index in [-0.39, 0.29) is 22.4 Å². The number of hydrogen-bond donors (Lipinski definition) is 3.